The highest BCUT2D eigenvalue weighted by Gasteiger charge is 2.07. The van der Waals surface area contributed by atoms with E-state index in [-0.39, 0.29) is 0 Å². The molecule has 0 aliphatic rings. The predicted octanol–water partition coefficient (Wildman–Crippen LogP) is 3.35. The van der Waals surface area contributed by atoms with E-state index < -0.39 is 16.7 Å². The Hall–Kier alpha value is -0.890. The summed E-state index contributed by atoms with van der Waals surface area (Å²) >= 11 is 5.27. The third-order valence-corrected chi connectivity index (χ3v) is 1.78. The Morgan fingerprint density at radius 1 is 1.33 bits per heavy atom. The van der Waals surface area contributed by atoms with Crippen LogP contribution in [-0.4, -0.2) is 0 Å². The summed E-state index contributed by atoms with van der Waals surface area (Å²) in [5.74, 6) is -1.46. The molecule has 0 saturated heterocycles. The Balaban J connectivity index is 3.11. The number of hydrogen-bond donors (Lipinski definition) is 0. The van der Waals surface area contributed by atoms with Crippen molar-refractivity contribution in [3.63, 3.8) is 0 Å². The Bertz CT molecular complexity index is 284. The quantitative estimate of drug-likeness (QED) is 0.493. The lowest BCUT2D eigenvalue weighted by Gasteiger charge is -2.00. The maximum atomic E-state index is 12.8. The second-order valence-corrected chi connectivity index (χ2v) is 2.74. The predicted molar refractivity (Wildman–Crippen MR) is 45.3 cm³/mol. The number of allylic oxidation sites excluding steroid dienone is 1. The molecule has 0 nitrogen and oxygen atoms in total. The summed E-state index contributed by atoms with van der Waals surface area (Å²) in [6.45, 7) is 3.46. The lowest BCUT2D eigenvalue weighted by Crippen LogP contribution is -1.89. The van der Waals surface area contributed by atoms with E-state index in [9.17, 15) is 8.78 Å². The summed E-state index contributed by atoms with van der Waals surface area (Å²) in [7, 11) is 0. The van der Waals surface area contributed by atoms with Gasteiger partial charge in [0.1, 0.15) is 16.7 Å². The van der Waals surface area contributed by atoms with Crippen molar-refractivity contribution in [2.24, 2.45) is 0 Å². The van der Waals surface area contributed by atoms with Crippen LogP contribution in [0.3, 0.4) is 0 Å². The summed E-state index contributed by atoms with van der Waals surface area (Å²) in [6, 6.07) is 2.40. The smallest absolute Gasteiger partial charge is 0.145 e. The maximum Gasteiger partial charge on any atom is 0.145 e. The molecule has 0 aliphatic carbocycles. The van der Waals surface area contributed by atoms with Crippen molar-refractivity contribution in [2.75, 3.05) is 0 Å². The molecule has 1 aromatic rings. The van der Waals surface area contributed by atoms with Crippen molar-refractivity contribution in [1.82, 2.24) is 0 Å². The molecule has 0 saturated carbocycles. The standard InChI is InChI=1S/C9H7ClF2/c1-2-3-6-4-7(11)9(10)8(12)5-6/h2,4-5H,1,3H2. The fourth-order valence-corrected chi connectivity index (χ4v) is 1.00. The van der Waals surface area contributed by atoms with E-state index in [1.54, 1.807) is 6.08 Å². The number of halogens is 3. The summed E-state index contributed by atoms with van der Waals surface area (Å²) in [6.07, 6.45) is 2.01. The van der Waals surface area contributed by atoms with E-state index in [2.05, 4.69) is 6.58 Å². The van der Waals surface area contributed by atoms with Gasteiger partial charge in [-0.1, -0.05) is 17.7 Å². The largest absolute Gasteiger partial charge is 0.205 e. The topological polar surface area (TPSA) is 0 Å². The van der Waals surface area contributed by atoms with Crippen LogP contribution in [-0.2, 0) is 6.42 Å². The summed E-state index contributed by atoms with van der Waals surface area (Å²) in [5, 5.41) is -0.456. The van der Waals surface area contributed by atoms with Gasteiger partial charge in [0.05, 0.1) is 0 Å². The van der Waals surface area contributed by atoms with Crippen molar-refractivity contribution in [3.05, 3.63) is 47.0 Å². The van der Waals surface area contributed by atoms with Crippen molar-refractivity contribution >= 4 is 11.6 Å². The van der Waals surface area contributed by atoms with Gasteiger partial charge < -0.3 is 0 Å². The first kappa shape index (κ1) is 9.20. The SMILES string of the molecule is C=CCc1cc(F)c(Cl)c(F)c1. The van der Waals surface area contributed by atoms with Crippen LogP contribution < -0.4 is 0 Å². The van der Waals surface area contributed by atoms with Crippen molar-refractivity contribution in [2.45, 2.75) is 6.42 Å². The third-order valence-electron chi connectivity index (χ3n) is 1.42. The Morgan fingerprint density at radius 2 is 1.83 bits per heavy atom. The lowest BCUT2D eigenvalue weighted by atomic mass is 10.1. The van der Waals surface area contributed by atoms with Gasteiger partial charge in [0, 0.05) is 0 Å². The minimum atomic E-state index is -0.728. The van der Waals surface area contributed by atoms with Gasteiger partial charge in [-0.3, -0.25) is 0 Å². The zero-order valence-corrected chi connectivity index (χ0v) is 7.04. The van der Waals surface area contributed by atoms with Crippen LogP contribution in [0.5, 0.6) is 0 Å². The van der Waals surface area contributed by atoms with E-state index in [1.807, 2.05) is 0 Å². The highest BCUT2D eigenvalue weighted by molar-refractivity contribution is 6.30. The zero-order chi connectivity index (χ0) is 9.14. The van der Waals surface area contributed by atoms with Crippen LogP contribution in [0.25, 0.3) is 0 Å². The highest BCUT2D eigenvalue weighted by Crippen LogP contribution is 2.20. The van der Waals surface area contributed by atoms with Crippen molar-refractivity contribution in [3.8, 4) is 0 Å². The zero-order valence-electron chi connectivity index (χ0n) is 6.28. The van der Waals surface area contributed by atoms with E-state index in [0.29, 0.717) is 12.0 Å². The Labute approximate surface area is 74.5 Å². The molecule has 0 heterocycles. The molecule has 0 atom stereocenters. The molecule has 0 N–H and O–H groups in total. The van der Waals surface area contributed by atoms with Gasteiger partial charge >= 0.3 is 0 Å². The van der Waals surface area contributed by atoms with Crippen LogP contribution in [0.2, 0.25) is 5.02 Å². The van der Waals surface area contributed by atoms with Crippen molar-refractivity contribution < 1.29 is 8.78 Å². The van der Waals surface area contributed by atoms with Crippen molar-refractivity contribution in [1.29, 1.82) is 0 Å². The van der Waals surface area contributed by atoms with Crippen LogP contribution in [0, 0.1) is 11.6 Å². The first-order valence-corrected chi connectivity index (χ1v) is 3.77. The molecule has 0 spiro atoms. The summed E-state index contributed by atoms with van der Waals surface area (Å²) in [5.41, 5.74) is 0.532. The van der Waals surface area contributed by atoms with Gasteiger partial charge in [-0.2, -0.15) is 0 Å². The van der Waals surface area contributed by atoms with Gasteiger partial charge in [-0.25, -0.2) is 8.78 Å². The van der Waals surface area contributed by atoms with Gasteiger partial charge in [0.25, 0.3) is 0 Å². The second-order valence-electron chi connectivity index (χ2n) is 2.37. The van der Waals surface area contributed by atoms with E-state index in [4.69, 9.17) is 11.6 Å². The number of hydrogen-bond acceptors (Lipinski definition) is 0. The van der Waals surface area contributed by atoms with Crippen LogP contribution in [0.15, 0.2) is 24.8 Å². The Kier molecular flexibility index (Phi) is 2.82. The van der Waals surface area contributed by atoms with Gasteiger partial charge in [-0.15, -0.1) is 6.58 Å². The molecule has 1 rings (SSSR count). The molecule has 0 radical (unpaired) electrons. The molecule has 1 aromatic carbocycles. The molecule has 3 heteroatoms. The van der Waals surface area contributed by atoms with Crippen LogP contribution in [0.1, 0.15) is 5.56 Å². The minimum absolute atomic E-state index is 0.436. The number of benzene rings is 1. The first-order chi connectivity index (χ1) is 5.65. The first-order valence-electron chi connectivity index (χ1n) is 3.39. The van der Waals surface area contributed by atoms with Crippen LogP contribution >= 0.6 is 11.6 Å². The van der Waals surface area contributed by atoms with E-state index >= 15 is 0 Å². The highest BCUT2D eigenvalue weighted by atomic mass is 35.5. The molecule has 0 aromatic heterocycles. The molecule has 12 heavy (non-hydrogen) atoms. The average Bonchev–Trinajstić information content (AvgIpc) is 2.01. The van der Waals surface area contributed by atoms with E-state index in [0.717, 1.165) is 0 Å². The summed E-state index contributed by atoms with van der Waals surface area (Å²) < 4.78 is 25.5. The Morgan fingerprint density at radius 3 is 2.25 bits per heavy atom. The van der Waals surface area contributed by atoms with Gasteiger partial charge in [0.15, 0.2) is 0 Å². The average molecular weight is 189 g/mol. The van der Waals surface area contributed by atoms with Crippen LogP contribution in [0.4, 0.5) is 8.78 Å². The van der Waals surface area contributed by atoms with Gasteiger partial charge in [0.2, 0.25) is 0 Å². The van der Waals surface area contributed by atoms with Gasteiger partial charge in [-0.05, 0) is 24.1 Å². The third kappa shape index (κ3) is 1.83. The molecular weight excluding hydrogens is 182 g/mol. The minimum Gasteiger partial charge on any atom is -0.205 e. The monoisotopic (exact) mass is 188 g/mol. The molecule has 0 bridgehead atoms. The molecule has 0 amide bonds. The lowest BCUT2D eigenvalue weighted by molar-refractivity contribution is 0.581. The molecule has 0 unspecified atom stereocenters. The maximum absolute atomic E-state index is 12.8. The fraction of sp³-hybridized carbons (Fsp3) is 0.111. The molecule has 0 fully saturated rings. The normalized spacial score (nSPS) is 9.92. The molecular formula is C9H7ClF2. The fourth-order valence-electron chi connectivity index (χ4n) is 0.893. The second kappa shape index (κ2) is 3.68. The molecule has 64 valence electrons. The van der Waals surface area contributed by atoms with E-state index in [1.165, 1.54) is 12.1 Å². The summed E-state index contributed by atoms with van der Waals surface area (Å²) in [4.78, 5) is 0. The molecule has 0 aliphatic heterocycles. The number of rotatable bonds is 2.